The molecule has 0 rings (SSSR count). The van der Waals surface area contributed by atoms with Crippen molar-refractivity contribution >= 4 is 18.6 Å². The molecular formula is C9H19NO3S. The Bertz CT molecular complexity index is 164. The fourth-order valence-electron chi connectivity index (χ4n) is 0.702. The SMILES string of the molecule is CC(C)COCCOC(=O)[C@H](N)CS. The van der Waals surface area contributed by atoms with E-state index in [9.17, 15) is 4.79 Å². The Morgan fingerprint density at radius 3 is 2.57 bits per heavy atom. The highest BCUT2D eigenvalue weighted by atomic mass is 32.1. The summed E-state index contributed by atoms with van der Waals surface area (Å²) in [6.45, 7) is 5.47. The highest BCUT2D eigenvalue weighted by Gasteiger charge is 2.12. The zero-order valence-corrected chi connectivity index (χ0v) is 9.63. The van der Waals surface area contributed by atoms with Crippen LogP contribution in [0.15, 0.2) is 0 Å². The summed E-state index contributed by atoms with van der Waals surface area (Å²) in [5, 5.41) is 0. The van der Waals surface area contributed by atoms with Gasteiger partial charge < -0.3 is 15.2 Å². The fourth-order valence-corrected chi connectivity index (χ4v) is 0.851. The molecule has 0 aromatic carbocycles. The van der Waals surface area contributed by atoms with Crippen molar-refractivity contribution in [3.8, 4) is 0 Å². The first-order valence-corrected chi connectivity index (χ1v) is 5.32. The highest BCUT2D eigenvalue weighted by Crippen LogP contribution is 1.93. The molecule has 0 aromatic rings. The number of carbonyl (C=O) groups is 1. The molecule has 5 heteroatoms. The molecule has 2 N–H and O–H groups in total. The maximum Gasteiger partial charge on any atom is 0.323 e. The Kier molecular flexibility index (Phi) is 7.93. The van der Waals surface area contributed by atoms with Crippen LogP contribution < -0.4 is 5.73 Å². The van der Waals surface area contributed by atoms with Gasteiger partial charge in [-0.3, -0.25) is 4.79 Å². The van der Waals surface area contributed by atoms with Crippen LogP contribution in [-0.4, -0.2) is 37.6 Å². The lowest BCUT2D eigenvalue weighted by atomic mass is 10.2. The molecule has 0 spiro atoms. The number of ether oxygens (including phenoxy) is 2. The predicted molar refractivity (Wildman–Crippen MR) is 58.4 cm³/mol. The van der Waals surface area contributed by atoms with E-state index < -0.39 is 12.0 Å². The molecule has 0 aliphatic heterocycles. The van der Waals surface area contributed by atoms with E-state index in [0.29, 0.717) is 24.9 Å². The lowest BCUT2D eigenvalue weighted by Crippen LogP contribution is -2.34. The summed E-state index contributed by atoms with van der Waals surface area (Å²) in [6, 6.07) is -0.636. The molecule has 14 heavy (non-hydrogen) atoms. The van der Waals surface area contributed by atoms with Gasteiger partial charge >= 0.3 is 5.97 Å². The van der Waals surface area contributed by atoms with Crippen molar-refractivity contribution in [2.24, 2.45) is 11.7 Å². The van der Waals surface area contributed by atoms with Crippen molar-refractivity contribution in [3.63, 3.8) is 0 Å². The van der Waals surface area contributed by atoms with Crippen LogP contribution >= 0.6 is 12.6 Å². The molecular weight excluding hydrogens is 202 g/mol. The Labute approximate surface area is 90.5 Å². The first-order chi connectivity index (χ1) is 6.57. The minimum atomic E-state index is -0.636. The lowest BCUT2D eigenvalue weighted by molar-refractivity contribution is -0.146. The molecule has 0 aliphatic rings. The summed E-state index contributed by atoms with van der Waals surface area (Å²) in [5.74, 6) is 0.365. The largest absolute Gasteiger partial charge is 0.462 e. The first kappa shape index (κ1) is 13.7. The van der Waals surface area contributed by atoms with Gasteiger partial charge in [0, 0.05) is 12.4 Å². The third-order valence-electron chi connectivity index (χ3n) is 1.42. The summed E-state index contributed by atoms with van der Waals surface area (Å²) < 4.78 is 10.1. The van der Waals surface area contributed by atoms with Crippen molar-refractivity contribution in [1.82, 2.24) is 0 Å². The van der Waals surface area contributed by atoms with E-state index in [1.54, 1.807) is 0 Å². The van der Waals surface area contributed by atoms with Gasteiger partial charge in [-0.05, 0) is 5.92 Å². The zero-order valence-electron chi connectivity index (χ0n) is 8.73. The van der Waals surface area contributed by atoms with Gasteiger partial charge in [-0.25, -0.2) is 0 Å². The molecule has 4 nitrogen and oxygen atoms in total. The smallest absolute Gasteiger partial charge is 0.323 e. The van der Waals surface area contributed by atoms with Crippen LogP contribution in [0.3, 0.4) is 0 Å². The average molecular weight is 221 g/mol. The summed E-state index contributed by atoms with van der Waals surface area (Å²) >= 11 is 3.89. The quantitative estimate of drug-likeness (QED) is 0.372. The van der Waals surface area contributed by atoms with E-state index >= 15 is 0 Å². The number of carbonyl (C=O) groups excluding carboxylic acids is 1. The summed E-state index contributed by atoms with van der Waals surface area (Å²) in [5.41, 5.74) is 5.39. The third kappa shape index (κ3) is 7.17. The lowest BCUT2D eigenvalue weighted by Gasteiger charge is -2.10. The third-order valence-corrected chi connectivity index (χ3v) is 1.82. The number of nitrogens with two attached hydrogens (primary N) is 1. The molecule has 0 saturated carbocycles. The topological polar surface area (TPSA) is 61.5 Å². The maximum atomic E-state index is 11.0. The molecule has 0 aromatic heterocycles. The van der Waals surface area contributed by atoms with Gasteiger partial charge in [0.25, 0.3) is 0 Å². The van der Waals surface area contributed by atoms with Crippen molar-refractivity contribution in [2.75, 3.05) is 25.6 Å². The Morgan fingerprint density at radius 1 is 1.43 bits per heavy atom. The molecule has 0 heterocycles. The Morgan fingerprint density at radius 2 is 2.07 bits per heavy atom. The van der Waals surface area contributed by atoms with Gasteiger partial charge in [0.1, 0.15) is 12.6 Å². The monoisotopic (exact) mass is 221 g/mol. The molecule has 0 unspecified atom stereocenters. The van der Waals surface area contributed by atoms with Crippen LogP contribution in [0, 0.1) is 5.92 Å². The van der Waals surface area contributed by atoms with Crippen LogP contribution in [0.4, 0.5) is 0 Å². The molecule has 0 fully saturated rings. The number of hydrogen-bond acceptors (Lipinski definition) is 5. The normalized spacial score (nSPS) is 12.9. The van der Waals surface area contributed by atoms with Crippen LogP contribution in [0.2, 0.25) is 0 Å². The van der Waals surface area contributed by atoms with Crippen LogP contribution in [0.25, 0.3) is 0 Å². The van der Waals surface area contributed by atoms with E-state index in [1.165, 1.54) is 0 Å². The summed E-state index contributed by atoms with van der Waals surface area (Å²) in [7, 11) is 0. The van der Waals surface area contributed by atoms with Gasteiger partial charge in [-0.1, -0.05) is 13.8 Å². The maximum absolute atomic E-state index is 11.0. The molecule has 0 bridgehead atoms. The van der Waals surface area contributed by atoms with Crippen molar-refractivity contribution in [1.29, 1.82) is 0 Å². The number of hydrogen-bond donors (Lipinski definition) is 2. The van der Waals surface area contributed by atoms with Crippen molar-refractivity contribution in [2.45, 2.75) is 19.9 Å². The van der Waals surface area contributed by atoms with Gasteiger partial charge in [-0.2, -0.15) is 12.6 Å². The number of rotatable bonds is 7. The summed E-state index contributed by atoms with van der Waals surface area (Å²) in [4.78, 5) is 11.0. The van der Waals surface area contributed by atoms with Crippen molar-refractivity contribution < 1.29 is 14.3 Å². The van der Waals surface area contributed by atoms with Crippen LogP contribution in [0.1, 0.15) is 13.8 Å². The molecule has 0 radical (unpaired) electrons. The first-order valence-electron chi connectivity index (χ1n) is 4.68. The van der Waals surface area contributed by atoms with Gasteiger partial charge in [0.2, 0.25) is 0 Å². The minimum Gasteiger partial charge on any atom is -0.462 e. The van der Waals surface area contributed by atoms with E-state index in [1.807, 2.05) is 0 Å². The molecule has 84 valence electrons. The summed E-state index contributed by atoms with van der Waals surface area (Å²) in [6.07, 6.45) is 0. The molecule has 1 atom stereocenters. The second-order valence-corrected chi connectivity index (χ2v) is 3.79. The second-order valence-electron chi connectivity index (χ2n) is 3.43. The zero-order chi connectivity index (χ0) is 11.0. The second kappa shape index (κ2) is 8.08. The predicted octanol–water partition coefficient (Wildman–Crippen LogP) is 0.459. The average Bonchev–Trinajstić information content (AvgIpc) is 2.15. The Hall–Kier alpha value is -0.260. The van der Waals surface area contributed by atoms with Gasteiger partial charge in [-0.15, -0.1) is 0 Å². The van der Waals surface area contributed by atoms with E-state index in [2.05, 4.69) is 26.5 Å². The number of esters is 1. The fraction of sp³-hybridized carbons (Fsp3) is 0.889. The minimum absolute atomic E-state index is 0.257. The molecule has 0 saturated heterocycles. The van der Waals surface area contributed by atoms with E-state index in [-0.39, 0.29) is 6.61 Å². The van der Waals surface area contributed by atoms with Crippen LogP contribution in [0.5, 0.6) is 0 Å². The van der Waals surface area contributed by atoms with Crippen LogP contribution in [-0.2, 0) is 14.3 Å². The van der Waals surface area contributed by atoms with Gasteiger partial charge in [0.15, 0.2) is 0 Å². The van der Waals surface area contributed by atoms with E-state index in [4.69, 9.17) is 15.2 Å². The molecule has 0 amide bonds. The van der Waals surface area contributed by atoms with Crippen molar-refractivity contribution in [3.05, 3.63) is 0 Å². The van der Waals surface area contributed by atoms with Gasteiger partial charge in [0.05, 0.1) is 6.61 Å². The Balaban J connectivity index is 3.32. The standard InChI is InChI=1S/C9H19NO3S/c1-7(2)5-12-3-4-13-9(11)8(10)6-14/h7-8,14H,3-6,10H2,1-2H3/t8-/m1/s1. The highest BCUT2D eigenvalue weighted by molar-refractivity contribution is 7.80. The molecule has 0 aliphatic carbocycles. The van der Waals surface area contributed by atoms with E-state index in [0.717, 1.165) is 0 Å². The number of thiol groups is 1.